The first-order chi connectivity index (χ1) is 20.9. The lowest BCUT2D eigenvalue weighted by atomic mass is 9.85. The molecule has 0 radical (unpaired) electrons. The van der Waals surface area contributed by atoms with Gasteiger partial charge in [-0.05, 0) is 91.4 Å². The SMILES string of the molecule is COC(=O)C(C)(C)c1cccc(Sc2nc(Nc3c(-c4ccnc(F)c4)ccc4c3CCC4)n(COCC[Si](C)(C)C)n2)c1. The summed E-state index contributed by atoms with van der Waals surface area (Å²) in [6.07, 6.45) is 4.47. The number of rotatable bonds is 12. The molecule has 0 saturated carbocycles. The molecule has 1 aliphatic rings. The minimum atomic E-state index is -1.27. The Hall–Kier alpha value is -3.54. The highest BCUT2D eigenvalue weighted by Gasteiger charge is 2.31. The lowest BCUT2D eigenvalue weighted by molar-refractivity contribution is -0.146. The molecular weight excluding hydrogens is 594 g/mol. The number of halogens is 1. The fourth-order valence-corrected chi connectivity index (χ4v) is 6.81. The van der Waals surface area contributed by atoms with E-state index in [1.807, 2.05) is 50.2 Å². The number of carbonyl (C=O) groups is 1. The lowest BCUT2D eigenvalue weighted by Crippen LogP contribution is -2.30. The van der Waals surface area contributed by atoms with E-state index in [1.165, 1.54) is 42.3 Å². The van der Waals surface area contributed by atoms with Crippen LogP contribution in [0.5, 0.6) is 0 Å². The third-order valence-corrected chi connectivity index (χ3v) is 10.4. The van der Waals surface area contributed by atoms with E-state index in [9.17, 15) is 9.18 Å². The predicted molar refractivity (Wildman–Crippen MR) is 175 cm³/mol. The molecular formula is C33H40FN5O3SSi. The molecule has 5 rings (SSSR count). The quantitative estimate of drug-likeness (QED) is 0.0737. The molecule has 0 atom stereocenters. The van der Waals surface area contributed by atoms with Gasteiger partial charge in [-0.2, -0.15) is 9.37 Å². The average Bonchev–Trinajstić information content (AvgIpc) is 3.61. The van der Waals surface area contributed by atoms with Gasteiger partial charge in [-0.25, -0.2) is 9.67 Å². The minimum Gasteiger partial charge on any atom is -0.468 e. The normalized spacial score (nSPS) is 13.2. The van der Waals surface area contributed by atoms with Crippen molar-refractivity contribution in [2.24, 2.45) is 0 Å². The number of aryl methyl sites for hydroxylation is 1. The minimum absolute atomic E-state index is 0.240. The Bertz CT molecular complexity index is 1650. The summed E-state index contributed by atoms with van der Waals surface area (Å²) < 4.78 is 27.1. The van der Waals surface area contributed by atoms with Gasteiger partial charge in [0.2, 0.25) is 17.1 Å². The van der Waals surface area contributed by atoms with E-state index in [-0.39, 0.29) is 12.7 Å². The smallest absolute Gasteiger partial charge is 0.315 e. The van der Waals surface area contributed by atoms with Crippen LogP contribution in [0, 0.1) is 5.95 Å². The largest absolute Gasteiger partial charge is 0.468 e. The third kappa shape index (κ3) is 7.39. The Morgan fingerprint density at radius 1 is 1.14 bits per heavy atom. The van der Waals surface area contributed by atoms with Crippen LogP contribution >= 0.6 is 11.8 Å². The lowest BCUT2D eigenvalue weighted by Gasteiger charge is -2.22. The summed E-state index contributed by atoms with van der Waals surface area (Å²) in [4.78, 5) is 22.0. The van der Waals surface area contributed by atoms with Crippen molar-refractivity contribution in [1.29, 1.82) is 0 Å². The molecule has 2 aromatic heterocycles. The molecule has 232 valence electrons. The van der Waals surface area contributed by atoms with Gasteiger partial charge in [0.1, 0.15) is 6.73 Å². The number of nitrogens with zero attached hydrogens (tertiary/aromatic N) is 4. The maximum Gasteiger partial charge on any atom is 0.315 e. The summed E-state index contributed by atoms with van der Waals surface area (Å²) in [5.74, 6) is -0.281. The van der Waals surface area contributed by atoms with Crippen LogP contribution in [0.25, 0.3) is 11.1 Å². The Morgan fingerprint density at radius 3 is 2.70 bits per heavy atom. The number of ether oxygens (including phenoxy) is 2. The average molecular weight is 634 g/mol. The fraction of sp³-hybridized carbons (Fsp3) is 0.394. The number of methoxy groups -OCH3 is 1. The third-order valence-electron chi connectivity index (χ3n) is 7.88. The van der Waals surface area contributed by atoms with Crippen molar-refractivity contribution in [2.75, 3.05) is 19.0 Å². The Balaban J connectivity index is 1.49. The van der Waals surface area contributed by atoms with Gasteiger partial charge in [0.15, 0.2) is 0 Å². The second kappa shape index (κ2) is 13.2. The molecule has 0 saturated heterocycles. The molecule has 0 bridgehead atoms. The van der Waals surface area contributed by atoms with Crippen LogP contribution in [0.4, 0.5) is 16.0 Å². The summed E-state index contributed by atoms with van der Waals surface area (Å²) >= 11 is 1.41. The summed E-state index contributed by atoms with van der Waals surface area (Å²) in [7, 11) is 0.133. The molecule has 8 nitrogen and oxygen atoms in total. The molecule has 44 heavy (non-hydrogen) atoms. The zero-order chi connectivity index (χ0) is 31.5. The summed E-state index contributed by atoms with van der Waals surface area (Å²) in [6.45, 7) is 11.5. The monoisotopic (exact) mass is 633 g/mol. The maximum absolute atomic E-state index is 14.2. The first kappa shape index (κ1) is 31.9. The van der Waals surface area contributed by atoms with Crippen molar-refractivity contribution < 1.29 is 18.7 Å². The van der Waals surface area contributed by atoms with Gasteiger partial charge in [0.05, 0.1) is 18.2 Å². The van der Waals surface area contributed by atoms with Gasteiger partial charge < -0.3 is 14.8 Å². The summed E-state index contributed by atoms with van der Waals surface area (Å²) in [5.41, 5.74) is 5.06. The molecule has 2 aromatic carbocycles. The van der Waals surface area contributed by atoms with E-state index >= 15 is 0 Å². The van der Waals surface area contributed by atoms with Crippen LogP contribution < -0.4 is 5.32 Å². The molecule has 11 heteroatoms. The second-order valence-corrected chi connectivity index (χ2v) is 19.4. The topological polar surface area (TPSA) is 91.2 Å². The van der Waals surface area contributed by atoms with E-state index in [1.54, 1.807) is 4.68 Å². The molecule has 1 N–H and O–H groups in total. The van der Waals surface area contributed by atoms with Crippen molar-refractivity contribution in [1.82, 2.24) is 19.7 Å². The van der Waals surface area contributed by atoms with E-state index in [2.05, 4.69) is 36.0 Å². The van der Waals surface area contributed by atoms with Gasteiger partial charge in [-0.3, -0.25) is 4.79 Å². The highest BCUT2D eigenvalue weighted by Crippen LogP contribution is 2.39. The zero-order valence-corrected chi connectivity index (χ0v) is 28.1. The number of carbonyl (C=O) groups excluding carboxylic acids is 1. The number of esters is 1. The first-order valence-corrected chi connectivity index (χ1v) is 19.4. The second-order valence-electron chi connectivity index (χ2n) is 12.8. The van der Waals surface area contributed by atoms with Crippen LogP contribution in [0.3, 0.4) is 0 Å². The number of pyridine rings is 1. The Kier molecular flexibility index (Phi) is 9.57. The Labute approximate surface area is 263 Å². The first-order valence-electron chi connectivity index (χ1n) is 14.9. The summed E-state index contributed by atoms with van der Waals surface area (Å²) in [5, 5.41) is 8.94. The van der Waals surface area contributed by atoms with Crippen LogP contribution in [0.1, 0.15) is 37.0 Å². The fourth-order valence-electron chi connectivity index (χ4n) is 5.23. The number of aromatic nitrogens is 4. The van der Waals surface area contributed by atoms with Crippen molar-refractivity contribution in [3.63, 3.8) is 0 Å². The van der Waals surface area contributed by atoms with E-state index in [0.29, 0.717) is 17.7 Å². The molecule has 0 amide bonds. The molecule has 2 heterocycles. The molecule has 0 aliphatic heterocycles. The Morgan fingerprint density at radius 2 is 1.95 bits per heavy atom. The summed E-state index contributed by atoms with van der Waals surface area (Å²) in [6, 6.07) is 16.3. The number of benzene rings is 2. The predicted octanol–water partition coefficient (Wildman–Crippen LogP) is 7.63. The van der Waals surface area contributed by atoms with Crippen LogP contribution in [0.15, 0.2) is 64.8 Å². The van der Waals surface area contributed by atoms with Crippen LogP contribution in [0.2, 0.25) is 25.7 Å². The van der Waals surface area contributed by atoms with Crippen molar-refractivity contribution in [3.8, 4) is 11.1 Å². The molecule has 0 fully saturated rings. The highest BCUT2D eigenvalue weighted by atomic mass is 32.2. The van der Waals surface area contributed by atoms with Crippen molar-refractivity contribution >= 4 is 37.4 Å². The van der Waals surface area contributed by atoms with E-state index in [4.69, 9.17) is 19.6 Å². The number of hydrogen-bond acceptors (Lipinski definition) is 8. The van der Waals surface area contributed by atoms with E-state index in [0.717, 1.165) is 52.6 Å². The number of anilines is 2. The molecule has 0 unspecified atom stereocenters. The van der Waals surface area contributed by atoms with Gasteiger partial charge in [-0.1, -0.05) is 43.9 Å². The highest BCUT2D eigenvalue weighted by molar-refractivity contribution is 7.99. The number of nitrogens with one attached hydrogen (secondary N) is 1. The number of fused-ring (bicyclic) bond motifs is 1. The zero-order valence-electron chi connectivity index (χ0n) is 26.2. The van der Waals surface area contributed by atoms with Gasteiger partial charge in [-0.15, -0.1) is 5.10 Å². The van der Waals surface area contributed by atoms with Crippen LogP contribution in [-0.2, 0) is 39.3 Å². The number of hydrogen-bond donors (Lipinski definition) is 1. The van der Waals surface area contributed by atoms with Crippen molar-refractivity contribution in [3.05, 3.63) is 77.4 Å². The van der Waals surface area contributed by atoms with E-state index < -0.39 is 19.4 Å². The molecule has 4 aromatic rings. The van der Waals surface area contributed by atoms with Gasteiger partial charge in [0, 0.05) is 37.4 Å². The van der Waals surface area contributed by atoms with Crippen molar-refractivity contribution in [2.45, 2.75) is 81.0 Å². The van der Waals surface area contributed by atoms with Gasteiger partial charge >= 0.3 is 5.97 Å². The standard InChI is InChI=1S/C33H40FN5O3SSi/c1-33(2,30(40)41-3)24-10-8-11-25(20-24)43-32-37-31(39(38-32)21-42-17-18-44(4,5)6)36-29-26-12-7-9-22(26)13-14-27(29)23-15-16-35-28(34)19-23/h8,10-11,13-16,19-20H,7,9,12,17-18,21H2,1-6H3,(H,36,37,38). The van der Waals surface area contributed by atoms with Gasteiger partial charge in [0.25, 0.3) is 0 Å². The maximum atomic E-state index is 14.2. The molecule has 1 aliphatic carbocycles. The molecule has 0 spiro atoms. The van der Waals surface area contributed by atoms with Crippen LogP contribution in [-0.4, -0.2) is 47.5 Å².